The Bertz CT molecular complexity index is 346. The number of carbonyl (C=O) groups excluding carboxylic acids is 1. The summed E-state index contributed by atoms with van der Waals surface area (Å²) in [5.74, 6) is -2.58. The predicted molar refractivity (Wildman–Crippen MR) is 70.2 cm³/mol. The van der Waals surface area contributed by atoms with E-state index < -0.39 is 18.0 Å². The molecule has 0 aromatic heterocycles. The molecule has 1 saturated heterocycles. The molecule has 0 aromatic carbocycles. The van der Waals surface area contributed by atoms with Crippen LogP contribution in [0.3, 0.4) is 0 Å². The Labute approximate surface area is 117 Å². The second-order valence-corrected chi connectivity index (χ2v) is 5.92. The molecule has 20 heavy (non-hydrogen) atoms. The van der Waals surface area contributed by atoms with E-state index >= 15 is 0 Å². The van der Waals surface area contributed by atoms with E-state index in [-0.39, 0.29) is 18.4 Å². The molecule has 2 fully saturated rings. The number of likely N-dealkylation sites (tertiary alicyclic amines) is 1. The highest BCUT2D eigenvalue weighted by molar-refractivity contribution is 5.80. The zero-order chi connectivity index (χ0) is 14.8. The van der Waals surface area contributed by atoms with Crippen LogP contribution in [0.15, 0.2) is 0 Å². The topological polar surface area (TPSA) is 32.3 Å². The summed E-state index contributed by atoms with van der Waals surface area (Å²) in [6.07, 6.45) is -0.686. The second-order valence-electron chi connectivity index (χ2n) is 5.92. The van der Waals surface area contributed by atoms with Gasteiger partial charge in [0.25, 0.3) is 0 Å². The summed E-state index contributed by atoms with van der Waals surface area (Å²) >= 11 is 0. The van der Waals surface area contributed by atoms with Gasteiger partial charge in [-0.2, -0.15) is 13.2 Å². The summed E-state index contributed by atoms with van der Waals surface area (Å²) in [6.45, 7) is 1.27. The average Bonchev–Trinajstić information content (AvgIpc) is 2.85. The van der Waals surface area contributed by atoms with Gasteiger partial charge in [0.15, 0.2) is 0 Å². The van der Waals surface area contributed by atoms with Crippen molar-refractivity contribution in [2.24, 2.45) is 11.8 Å². The minimum atomic E-state index is -4.25. The number of amides is 1. The third kappa shape index (κ3) is 3.27. The summed E-state index contributed by atoms with van der Waals surface area (Å²) < 4.78 is 39.3. The molecule has 1 heterocycles. The third-order valence-electron chi connectivity index (χ3n) is 4.60. The molecule has 1 saturated carbocycles. The van der Waals surface area contributed by atoms with Crippen molar-refractivity contribution in [2.45, 2.75) is 50.7 Å². The summed E-state index contributed by atoms with van der Waals surface area (Å²) in [5.41, 5.74) is 0. The zero-order valence-corrected chi connectivity index (χ0v) is 11.9. The summed E-state index contributed by atoms with van der Waals surface area (Å²) in [5, 5.41) is 3.02. The van der Waals surface area contributed by atoms with E-state index in [0.717, 1.165) is 19.3 Å². The SMILES string of the molecule is CNCC1CCCN1C(=O)C1CCCCC1C(F)(F)F. The molecule has 0 radical (unpaired) electrons. The van der Waals surface area contributed by atoms with Gasteiger partial charge in [-0.05, 0) is 32.7 Å². The molecule has 1 aliphatic heterocycles. The van der Waals surface area contributed by atoms with Crippen LogP contribution in [0.4, 0.5) is 13.2 Å². The monoisotopic (exact) mass is 292 g/mol. The number of halogens is 3. The molecule has 116 valence electrons. The van der Waals surface area contributed by atoms with Crippen molar-refractivity contribution in [3.05, 3.63) is 0 Å². The molecule has 0 spiro atoms. The maximum Gasteiger partial charge on any atom is 0.392 e. The molecule has 3 nitrogen and oxygen atoms in total. The maximum absolute atomic E-state index is 13.1. The minimum absolute atomic E-state index is 0.0586. The van der Waals surface area contributed by atoms with Crippen LogP contribution in [0.2, 0.25) is 0 Å². The predicted octanol–water partition coefficient (Wildman–Crippen LogP) is 2.57. The molecule has 2 rings (SSSR count). The van der Waals surface area contributed by atoms with Crippen LogP contribution in [0, 0.1) is 11.8 Å². The van der Waals surface area contributed by atoms with Gasteiger partial charge < -0.3 is 10.2 Å². The van der Waals surface area contributed by atoms with Crippen molar-refractivity contribution in [1.82, 2.24) is 10.2 Å². The molecule has 6 heteroatoms. The van der Waals surface area contributed by atoms with Gasteiger partial charge in [0.2, 0.25) is 5.91 Å². The van der Waals surface area contributed by atoms with Crippen molar-refractivity contribution in [3.8, 4) is 0 Å². The zero-order valence-electron chi connectivity index (χ0n) is 11.9. The van der Waals surface area contributed by atoms with E-state index in [2.05, 4.69) is 5.32 Å². The molecule has 1 amide bonds. The van der Waals surface area contributed by atoms with E-state index in [1.807, 2.05) is 0 Å². The lowest BCUT2D eigenvalue weighted by Gasteiger charge is -2.36. The summed E-state index contributed by atoms with van der Waals surface area (Å²) in [6, 6.07) is 0.0586. The fourth-order valence-electron chi connectivity index (χ4n) is 3.60. The number of rotatable bonds is 3. The number of nitrogens with one attached hydrogen (secondary N) is 1. The Morgan fingerprint density at radius 1 is 1.20 bits per heavy atom. The van der Waals surface area contributed by atoms with Crippen LogP contribution >= 0.6 is 0 Å². The highest BCUT2D eigenvalue weighted by atomic mass is 19.4. The first-order valence-corrected chi connectivity index (χ1v) is 7.47. The normalized spacial score (nSPS) is 31.6. The first-order valence-electron chi connectivity index (χ1n) is 7.47. The third-order valence-corrected chi connectivity index (χ3v) is 4.60. The van der Waals surface area contributed by atoms with E-state index in [4.69, 9.17) is 0 Å². The van der Waals surface area contributed by atoms with Gasteiger partial charge >= 0.3 is 6.18 Å². The summed E-state index contributed by atoms with van der Waals surface area (Å²) in [4.78, 5) is 14.2. The van der Waals surface area contributed by atoms with Gasteiger partial charge in [0, 0.05) is 25.0 Å². The minimum Gasteiger partial charge on any atom is -0.338 e. The lowest BCUT2D eigenvalue weighted by Crippen LogP contribution is -2.48. The van der Waals surface area contributed by atoms with Crippen LogP contribution in [0.1, 0.15) is 38.5 Å². The molecule has 0 bridgehead atoms. The van der Waals surface area contributed by atoms with Gasteiger partial charge in [-0.1, -0.05) is 12.8 Å². The van der Waals surface area contributed by atoms with Gasteiger partial charge in [0.1, 0.15) is 0 Å². The molecule has 2 aliphatic rings. The van der Waals surface area contributed by atoms with E-state index in [9.17, 15) is 18.0 Å². The Balaban J connectivity index is 2.09. The van der Waals surface area contributed by atoms with E-state index in [0.29, 0.717) is 25.9 Å². The van der Waals surface area contributed by atoms with Gasteiger partial charge in [-0.3, -0.25) is 4.79 Å². The Hall–Kier alpha value is -0.780. The maximum atomic E-state index is 13.1. The highest BCUT2D eigenvalue weighted by Crippen LogP contribution is 2.42. The quantitative estimate of drug-likeness (QED) is 0.867. The first-order chi connectivity index (χ1) is 9.45. The van der Waals surface area contributed by atoms with Crippen molar-refractivity contribution >= 4 is 5.91 Å². The number of nitrogens with zero attached hydrogens (tertiary/aromatic N) is 1. The smallest absolute Gasteiger partial charge is 0.338 e. The van der Waals surface area contributed by atoms with Crippen LogP contribution < -0.4 is 5.32 Å². The van der Waals surface area contributed by atoms with Gasteiger partial charge in [-0.15, -0.1) is 0 Å². The second kappa shape index (κ2) is 6.33. The van der Waals surface area contributed by atoms with Crippen molar-refractivity contribution in [3.63, 3.8) is 0 Å². The number of hydrogen-bond donors (Lipinski definition) is 1. The number of hydrogen-bond acceptors (Lipinski definition) is 2. The number of likely N-dealkylation sites (N-methyl/N-ethyl adjacent to an activating group) is 1. The Morgan fingerprint density at radius 3 is 2.55 bits per heavy atom. The Kier molecular flexibility index (Phi) is 4.94. The van der Waals surface area contributed by atoms with Crippen molar-refractivity contribution in [2.75, 3.05) is 20.1 Å². The van der Waals surface area contributed by atoms with Crippen molar-refractivity contribution in [1.29, 1.82) is 0 Å². The Morgan fingerprint density at radius 2 is 1.90 bits per heavy atom. The van der Waals surface area contributed by atoms with Crippen LogP contribution in [0.25, 0.3) is 0 Å². The molecule has 3 atom stereocenters. The van der Waals surface area contributed by atoms with Crippen LogP contribution in [0.5, 0.6) is 0 Å². The average molecular weight is 292 g/mol. The fourth-order valence-corrected chi connectivity index (χ4v) is 3.60. The van der Waals surface area contributed by atoms with Gasteiger partial charge in [-0.25, -0.2) is 0 Å². The first kappa shape index (κ1) is 15.6. The molecule has 1 aliphatic carbocycles. The van der Waals surface area contributed by atoms with E-state index in [1.54, 1.807) is 11.9 Å². The molecular weight excluding hydrogens is 269 g/mol. The standard InChI is InChI=1S/C14H23F3N2O/c1-18-9-10-5-4-8-19(10)13(20)11-6-2-3-7-12(11)14(15,16)17/h10-12,18H,2-9H2,1H3. The lowest BCUT2D eigenvalue weighted by molar-refractivity contribution is -0.201. The van der Waals surface area contributed by atoms with E-state index in [1.165, 1.54) is 0 Å². The summed E-state index contributed by atoms with van der Waals surface area (Å²) in [7, 11) is 1.81. The highest BCUT2D eigenvalue weighted by Gasteiger charge is 2.49. The number of carbonyl (C=O) groups is 1. The molecule has 1 N–H and O–H groups in total. The molecule has 0 aromatic rings. The van der Waals surface area contributed by atoms with Crippen molar-refractivity contribution < 1.29 is 18.0 Å². The van der Waals surface area contributed by atoms with Gasteiger partial charge in [0.05, 0.1) is 5.92 Å². The molecule has 3 unspecified atom stereocenters. The van der Waals surface area contributed by atoms with Crippen LogP contribution in [-0.2, 0) is 4.79 Å². The number of alkyl halides is 3. The lowest BCUT2D eigenvalue weighted by atomic mass is 9.78. The molecular formula is C14H23F3N2O. The fraction of sp³-hybridized carbons (Fsp3) is 0.929. The van der Waals surface area contributed by atoms with Crippen LogP contribution in [-0.4, -0.2) is 43.2 Å². The largest absolute Gasteiger partial charge is 0.392 e.